The number of hydrogen-bond acceptors (Lipinski definition) is 7. The minimum atomic E-state index is -0.0726. The van der Waals surface area contributed by atoms with E-state index in [0.29, 0.717) is 18.3 Å². The quantitative estimate of drug-likeness (QED) is 0.433. The van der Waals surface area contributed by atoms with Gasteiger partial charge >= 0.3 is 0 Å². The lowest BCUT2D eigenvalue weighted by atomic mass is 10.3. The second kappa shape index (κ2) is 8.76. The number of likely N-dealkylation sites (N-methyl/N-ethyl adjacent to an activating group) is 1. The first-order valence-corrected chi connectivity index (χ1v) is 10.6. The number of aromatic nitrogens is 4. The number of anilines is 1. The average Bonchev–Trinajstić information content (AvgIpc) is 3.32. The molecule has 2 aromatic carbocycles. The van der Waals surface area contributed by atoms with Gasteiger partial charge in [-0.05, 0) is 51.4 Å². The summed E-state index contributed by atoms with van der Waals surface area (Å²) in [6.45, 7) is 3.93. The van der Waals surface area contributed by atoms with E-state index >= 15 is 0 Å². The van der Waals surface area contributed by atoms with Crippen molar-refractivity contribution in [2.24, 2.45) is 0 Å². The molecule has 2 heterocycles. The predicted octanol–water partition coefficient (Wildman–Crippen LogP) is 3.03. The second-order valence-corrected chi connectivity index (χ2v) is 8.15. The average molecular weight is 425 g/mol. The highest BCUT2D eigenvalue weighted by molar-refractivity contribution is 7.22. The van der Waals surface area contributed by atoms with E-state index in [1.54, 1.807) is 9.58 Å². The first kappa shape index (κ1) is 20.2. The number of thiazole rings is 1. The Labute approximate surface area is 178 Å². The van der Waals surface area contributed by atoms with Crippen LogP contribution in [0.25, 0.3) is 21.3 Å². The largest absolute Gasteiger partial charge is 0.494 e. The van der Waals surface area contributed by atoms with Crippen LogP contribution in [0.15, 0.2) is 42.5 Å². The lowest BCUT2D eigenvalue weighted by molar-refractivity contribution is -0.119. The number of para-hydroxylation sites is 1. The van der Waals surface area contributed by atoms with Gasteiger partial charge in [0.2, 0.25) is 0 Å². The summed E-state index contributed by atoms with van der Waals surface area (Å²) in [6, 6.07) is 13.4. The molecule has 4 aromatic rings. The molecule has 0 aliphatic carbocycles. The van der Waals surface area contributed by atoms with Crippen LogP contribution in [-0.4, -0.2) is 64.6 Å². The zero-order valence-electron chi connectivity index (χ0n) is 17.3. The molecule has 0 fully saturated rings. The van der Waals surface area contributed by atoms with Crippen molar-refractivity contribution in [1.29, 1.82) is 0 Å². The van der Waals surface area contributed by atoms with Crippen LogP contribution in [0.4, 0.5) is 5.13 Å². The number of nitrogens with zero attached hydrogens (tertiary/aromatic N) is 6. The highest BCUT2D eigenvalue weighted by Crippen LogP contribution is 2.31. The van der Waals surface area contributed by atoms with Crippen molar-refractivity contribution in [3.05, 3.63) is 42.5 Å². The smallest absolute Gasteiger partial charge is 0.250 e. The lowest BCUT2D eigenvalue weighted by Gasteiger charge is -2.22. The third-order valence-electron chi connectivity index (χ3n) is 4.67. The van der Waals surface area contributed by atoms with Gasteiger partial charge in [0.05, 0.1) is 22.3 Å². The Balaban J connectivity index is 1.63. The predicted molar refractivity (Wildman–Crippen MR) is 119 cm³/mol. The maximum absolute atomic E-state index is 13.3. The van der Waals surface area contributed by atoms with Crippen molar-refractivity contribution in [2.45, 2.75) is 13.5 Å². The molecule has 0 N–H and O–H groups in total. The van der Waals surface area contributed by atoms with E-state index in [4.69, 9.17) is 9.72 Å². The first-order valence-electron chi connectivity index (χ1n) is 9.82. The molecule has 9 heteroatoms. The topological polar surface area (TPSA) is 76.4 Å². The second-order valence-electron chi connectivity index (χ2n) is 7.14. The van der Waals surface area contributed by atoms with Gasteiger partial charge in [0.1, 0.15) is 17.8 Å². The minimum Gasteiger partial charge on any atom is -0.494 e. The molecule has 0 spiro atoms. The highest BCUT2D eigenvalue weighted by atomic mass is 32.1. The molecular weight excluding hydrogens is 400 g/mol. The molecule has 0 unspecified atom stereocenters. The number of hydrogen-bond donors (Lipinski definition) is 0. The van der Waals surface area contributed by atoms with Gasteiger partial charge in [0.25, 0.3) is 5.91 Å². The van der Waals surface area contributed by atoms with E-state index in [-0.39, 0.29) is 12.5 Å². The van der Waals surface area contributed by atoms with E-state index in [1.807, 2.05) is 68.4 Å². The number of carbonyl (C=O) groups is 1. The minimum absolute atomic E-state index is 0.0726. The molecule has 1 amide bonds. The fourth-order valence-corrected chi connectivity index (χ4v) is 4.18. The molecule has 0 atom stereocenters. The van der Waals surface area contributed by atoms with E-state index < -0.39 is 0 Å². The summed E-state index contributed by atoms with van der Waals surface area (Å²) >= 11 is 1.49. The Morgan fingerprint density at radius 2 is 1.97 bits per heavy atom. The molecule has 156 valence electrons. The number of benzene rings is 2. The van der Waals surface area contributed by atoms with E-state index in [0.717, 1.165) is 33.5 Å². The van der Waals surface area contributed by atoms with Crippen LogP contribution in [0, 0.1) is 0 Å². The zero-order chi connectivity index (χ0) is 21.1. The van der Waals surface area contributed by atoms with Gasteiger partial charge in [-0.15, -0.1) is 5.10 Å². The monoisotopic (exact) mass is 424 g/mol. The summed E-state index contributed by atoms with van der Waals surface area (Å²) in [5, 5.41) is 8.98. The Kier molecular flexibility index (Phi) is 5.91. The van der Waals surface area contributed by atoms with E-state index in [1.165, 1.54) is 11.3 Å². The summed E-state index contributed by atoms with van der Waals surface area (Å²) in [5.41, 5.74) is 2.46. The standard InChI is InChI=1S/C21H24N6O2S/c1-4-29-15-9-10-17-19(13-15)30-21(22-17)26(12-11-25(2)3)20(28)14-27-18-8-6-5-7-16(18)23-24-27/h5-10,13H,4,11-12,14H2,1-3H3. The van der Waals surface area contributed by atoms with Gasteiger partial charge in [-0.3, -0.25) is 9.69 Å². The number of carbonyl (C=O) groups excluding carboxylic acids is 1. The van der Waals surface area contributed by atoms with Crippen LogP contribution in [0.3, 0.4) is 0 Å². The zero-order valence-corrected chi connectivity index (χ0v) is 18.1. The molecule has 0 saturated carbocycles. The highest BCUT2D eigenvalue weighted by Gasteiger charge is 2.21. The van der Waals surface area contributed by atoms with Gasteiger partial charge in [-0.25, -0.2) is 9.67 Å². The van der Waals surface area contributed by atoms with Gasteiger partial charge in [0, 0.05) is 13.1 Å². The maximum Gasteiger partial charge on any atom is 0.250 e. The summed E-state index contributed by atoms with van der Waals surface area (Å²) in [6.07, 6.45) is 0. The Bertz CT molecular complexity index is 1170. The van der Waals surface area contributed by atoms with Crippen LogP contribution in [-0.2, 0) is 11.3 Å². The Morgan fingerprint density at radius 1 is 1.13 bits per heavy atom. The summed E-state index contributed by atoms with van der Waals surface area (Å²) in [7, 11) is 3.97. The number of rotatable bonds is 8. The van der Waals surface area contributed by atoms with Gasteiger partial charge in [-0.2, -0.15) is 0 Å². The molecule has 0 saturated heterocycles. The van der Waals surface area contributed by atoms with Gasteiger partial charge in [-0.1, -0.05) is 28.7 Å². The maximum atomic E-state index is 13.3. The van der Waals surface area contributed by atoms with Crippen LogP contribution < -0.4 is 9.64 Å². The number of amides is 1. The molecular formula is C21H24N6O2S. The van der Waals surface area contributed by atoms with Gasteiger partial charge < -0.3 is 9.64 Å². The Hall–Kier alpha value is -3.04. The van der Waals surface area contributed by atoms with Crippen molar-refractivity contribution in [2.75, 3.05) is 38.7 Å². The third kappa shape index (κ3) is 4.27. The summed E-state index contributed by atoms with van der Waals surface area (Å²) in [5.74, 6) is 0.733. The number of ether oxygens (including phenoxy) is 1. The number of fused-ring (bicyclic) bond motifs is 2. The molecule has 2 aromatic heterocycles. The fourth-order valence-electron chi connectivity index (χ4n) is 3.14. The van der Waals surface area contributed by atoms with Crippen LogP contribution in [0.2, 0.25) is 0 Å². The summed E-state index contributed by atoms with van der Waals surface area (Å²) < 4.78 is 8.22. The van der Waals surface area contributed by atoms with E-state index in [2.05, 4.69) is 10.3 Å². The summed E-state index contributed by atoms with van der Waals surface area (Å²) in [4.78, 5) is 21.8. The Morgan fingerprint density at radius 3 is 2.77 bits per heavy atom. The normalized spacial score (nSPS) is 11.5. The van der Waals surface area contributed by atoms with Gasteiger partial charge in [0.15, 0.2) is 5.13 Å². The van der Waals surface area contributed by atoms with Crippen LogP contribution in [0.5, 0.6) is 5.75 Å². The fraction of sp³-hybridized carbons (Fsp3) is 0.333. The molecule has 4 rings (SSSR count). The third-order valence-corrected chi connectivity index (χ3v) is 5.71. The first-order chi connectivity index (χ1) is 14.5. The molecule has 30 heavy (non-hydrogen) atoms. The van der Waals surface area contributed by atoms with Crippen molar-refractivity contribution >= 4 is 43.6 Å². The SMILES string of the molecule is CCOc1ccc2nc(N(CCN(C)C)C(=O)Cn3nnc4ccccc43)sc2c1. The molecule has 0 bridgehead atoms. The van der Waals surface area contributed by atoms with Crippen molar-refractivity contribution in [3.63, 3.8) is 0 Å². The lowest BCUT2D eigenvalue weighted by Crippen LogP contribution is -2.38. The van der Waals surface area contributed by atoms with E-state index in [9.17, 15) is 4.79 Å². The van der Waals surface area contributed by atoms with Crippen molar-refractivity contribution in [3.8, 4) is 5.75 Å². The van der Waals surface area contributed by atoms with Crippen molar-refractivity contribution < 1.29 is 9.53 Å². The molecule has 0 radical (unpaired) electrons. The molecule has 0 aliphatic rings. The molecule has 8 nitrogen and oxygen atoms in total. The molecule has 0 aliphatic heterocycles. The van der Waals surface area contributed by atoms with Crippen LogP contribution >= 0.6 is 11.3 Å². The van der Waals surface area contributed by atoms with Crippen molar-refractivity contribution in [1.82, 2.24) is 24.9 Å². The van der Waals surface area contributed by atoms with Crippen LogP contribution in [0.1, 0.15) is 6.92 Å².